The third kappa shape index (κ3) is 5.78. The molecule has 3 aliphatic rings. The van der Waals surface area contributed by atoms with Crippen molar-refractivity contribution in [3.05, 3.63) is 71.0 Å². The molecule has 35 heavy (non-hydrogen) atoms. The third-order valence-electron chi connectivity index (χ3n) is 6.61. The average Bonchev–Trinajstić information content (AvgIpc) is 3.35. The van der Waals surface area contributed by atoms with Crippen LogP contribution in [0.3, 0.4) is 0 Å². The number of allylic oxidation sites excluding steroid dienone is 1. The van der Waals surface area contributed by atoms with Gasteiger partial charge in [-0.2, -0.15) is 0 Å². The van der Waals surface area contributed by atoms with Gasteiger partial charge < -0.3 is 29.0 Å². The maximum atomic E-state index is 13.2. The normalized spacial score (nSPS) is 22.0. The van der Waals surface area contributed by atoms with Gasteiger partial charge in [0.15, 0.2) is 17.3 Å². The fourth-order valence-corrected chi connectivity index (χ4v) is 4.58. The first-order chi connectivity index (χ1) is 17.1. The molecule has 3 heterocycles. The molecule has 0 aromatic heterocycles. The second-order valence-electron chi connectivity index (χ2n) is 9.33. The third-order valence-corrected chi connectivity index (χ3v) is 6.61. The molecule has 2 atom stereocenters. The number of ether oxygens (including phenoxy) is 4. The fraction of sp³-hybridized carbons (Fsp3) is 0.444. The van der Waals surface area contributed by atoms with E-state index in [0.29, 0.717) is 31.9 Å². The largest absolute Gasteiger partial charge is 0.459 e. The Morgan fingerprint density at radius 1 is 1.00 bits per heavy atom. The van der Waals surface area contributed by atoms with Crippen molar-refractivity contribution in [2.45, 2.75) is 39.4 Å². The topological polar surface area (TPSA) is 80.7 Å². The second kappa shape index (κ2) is 10.7. The number of carbonyl (C=O) groups excluding carboxylic acids is 1. The highest BCUT2D eigenvalue weighted by molar-refractivity contribution is 5.91. The molecule has 1 saturated heterocycles. The van der Waals surface area contributed by atoms with Crippen LogP contribution >= 0.6 is 0 Å². The molecule has 8 nitrogen and oxygen atoms in total. The van der Waals surface area contributed by atoms with Crippen molar-refractivity contribution in [1.82, 2.24) is 9.80 Å². The average molecular weight is 481 g/mol. The molecule has 0 saturated carbocycles. The number of aliphatic hydroxyl groups is 1. The van der Waals surface area contributed by atoms with Crippen LogP contribution in [0.5, 0.6) is 11.5 Å². The zero-order valence-electron chi connectivity index (χ0n) is 20.0. The van der Waals surface area contributed by atoms with Crippen LogP contribution in [0.1, 0.15) is 30.0 Å². The van der Waals surface area contributed by atoms with E-state index in [1.807, 2.05) is 47.4 Å². The van der Waals surface area contributed by atoms with Gasteiger partial charge in [-0.05, 0) is 40.8 Å². The molecule has 0 unspecified atom stereocenters. The lowest BCUT2D eigenvalue weighted by Gasteiger charge is -2.36. The van der Waals surface area contributed by atoms with Gasteiger partial charge >= 0.3 is 0 Å². The van der Waals surface area contributed by atoms with E-state index in [4.69, 9.17) is 18.9 Å². The highest BCUT2D eigenvalue weighted by atomic mass is 16.7. The molecule has 2 aromatic carbocycles. The monoisotopic (exact) mass is 480 g/mol. The summed E-state index contributed by atoms with van der Waals surface area (Å²) in [4.78, 5) is 17.4. The summed E-state index contributed by atoms with van der Waals surface area (Å²) in [5.74, 6) is 2.09. The number of piperazine rings is 1. The van der Waals surface area contributed by atoms with Gasteiger partial charge in [-0.15, -0.1) is 0 Å². The van der Waals surface area contributed by atoms with Crippen molar-refractivity contribution in [2.24, 2.45) is 5.92 Å². The first-order valence-corrected chi connectivity index (χ1v) is 12.2. The Morgan fingerprint density at radius 2 is 1.71 bits per heavy atom. The summed E-state index contributed by atoms with van der Waals surface area (Å²) in [5, 5.41) is 9.19. The van der Waals surface area contributed by atoms with Crippen molar-refractivity contribution in [3.63, 3.8) is 0 Å². The van der Waals surface area contributed by atoms with Gasteiger partial charge in [0.25, 0.3) is 5.91 Å². The number of benzene rings is 2. The predicted octanol–water partition coefficient (Wildman–Crippen LogP) is 3.04. The van der Waals surface area contributed by atoms with Crippen molar-refractivity contribution >= 4 is 5.91 Å². The van der Waals surface area contributed by atoms with E-state index < -0.39 is 6.29 Å². The van der Waals surface area contributed by atoms with Crippen molar-refractivity contribution < 1.29 is 28.8 Å². The van der Waals surface area contributed by atoms with Crippen LogP contribution in [-0.4, -0.2) is 60.1 Å². The van der Waals surface area contributed by atoms with Gasteiger partial charge in [-0.3, -0.25) is 9.69 Å². The molecular weight excluding hydrogens is 448 g/mol. The number of rotatable bonds is 7. The van der Waals surface area contributed by atoms with Gasteiger partial charge in [0.05, 0.1) is 13.2 Å². The van der Waals surface area contributed by atoms with E-state index in [1.54, 1.807) is 0 Å². The van der Waals surface area contributed by atoms with Crippen LogP contribution in [0.25, 0.3) is 0 Å². The van der Waals surface area contributed by atoms with E-state index >= 15 is 0 Å². The molecule has 0 radical (unpaired) electrons. The number of nitrogens with zero attached hydrogens (tertiary/aromatic N) is 2. The molecule has 1 N–H and O–H groups in total. The maximum absolute atomic E-state index is 13.2. The van der Waals surface area contributed by atoms with E-state index in [2.05, 4.69) is 17.9 Å². The number of fused-ring (bicyclic) bond motifs is 1. The standard InChI is InChI=1S/C27H32N2O6/c1-19-12-25(35-26(13-19)32-17-21-4-2-20(16-30)3-5-21)27(31)29-10-8-28(9-11-29)15-22-6-7-23-24(14-22)34-18-33-23/h2-7,12,14,19,26,30H,8-11,13,15-18H2,1H3/t19-,26+/m0/s1. The summed E-state index contributed by atoms with van der Waals surface area (Å²) in [6.45, 7) is 6.48. The van der Waals surface area contributed by atoms with Crippen LogP contribution in [0, 0.1) is 5.92 Å². The molecule has 5 rings (SSSR count). The lowest BCUT2D eigenvalue weighted by Crippen LogP contribution is -2.49. The summed E-state index contributed by atoms with van der Waals surface area (Å²) in [6.07, 6.45) is 2.16. The van der Waals surface area contributed by atoms with E-state index in [9.17, 15) is 9.90 Å². The van der Waals surface area contributed by atoms with Crippen molar-refractivity contribution in [1.29, 1.82) is 0 Å². The lowest BCUT2D eigenvalue weighted by molar-refractivity contribution is -0.159. The van der Waals surface area contributed by atoms with Crippen LogP contribution in [0.15, 0.2) is 54.3 Å². The Bertz CT molecular complexity index is 1060. The van der Waals surface area contributed by atoms with Crippen molar-refractivity contribution in [3.8, 4) is 11.5 Å². The molecule has 2 aromatic rings. The fourth-order valence-electron chi connectivity index (χ4n) is 4.58. The summed E-state index contributed by atoms with van der Waals surface area (Å²) < 4.78 is 22.8. The first kappa shape index (κ1) is 23.7. The summed E-state index contributed by atoms with van der Waals surface area (Å²) in [6, 6.07) is 13.7. The minimum atomic E-state index is -0.459. The molecular formula is C27H32N2O6. The van der Waals surface area contributed by atoms with Gasteiger partial charge in [-0.1, -0.05) is 37.3 Å². The summed E-state index contributed by atoms with van der Waals surface area (Å²) in [5.41, 5.74) is 3.04. The Labute approximate surface area is 205 Å². The lowest BCUT2D eigenvalue weighted by atomic mass is 10.0. The molecule has 0 spiro atoms. The van der Waals surface area contributed by atoms with Crippen LogP contribution in [-0.2, 0) is 34.0 Å². The van der Waals surface area contributed by atoms with Crippen LogP contribution in [0.2, 0.25) is 0 Å². The molecule has 3 aliphatic heterocycles. The SMILES string of the molecule is C[C@H]1C=C(C(=O)N2CCN(Cc3ccc4c(c3)OCO4)CC2)O[C@@H](OCc2ccc(CO)cc2)C1. The van der Waals surface area contributed by atoms with E-state index in [1.165, 1.54) is 5.56 Å². The maximum Gasteiger partial charge on any atom is 0.288 e. The second-order valence-corrected chi connectivity index (χ2v) is 9.33. The quantitative estimate of drug-likeness (QED) is 0.653. The Morgan fingerprint density at radius 3 is 2.49 bits per heavy atom. The smallest absolute Gasteiger partial charge is 0.288 e. The molecule has 0 aliphatic carbocycles. The number of carbonyl (C=O) groups is 1. The van der Waals surface area contributed by atoms with Gasteiger partial charge in [-0.25, -0.2) is 0 Å². The van der Waals surface area contributed by atoms with Gasteiger partial charge in [0.2, 0.25) is 13.1 Å². The molecule has 0 bridgehead atoms. The molecule has 186 valence electrons. The summed E-state index contributed by atoms with van der Waals surface area (Å²) >= 11 is 0. The number of hydrogen-bond acceptors (Lipinski definition) is 7. The highest BCUT2D eigenvalue weighted by Crippen LogP contribution is 2.33. The minimum absolute atomic E-state index is 0.0212. The minimum Gasteiger partial charge on any atom is -0.459 e. The Kier molecular flexibility index (Phi) is 7.22. The van der Waals surface area contributed by atoms with Crippen LogP contribution in [0.4, 0.5) is 0 Å². The number of amides is 1. The predicted molar refractivity (Wildman–Crippen MR) is 128 cm³/mol. The highest BCUT2D eigenvalue weighted by Gasteiger charge is 2.30. The number of aliphatic hydroxyl groups excluding tert-OH is 1. The molecule has 1 fully saturated rings. The van der Waals surface area contributed by atoms with E-state index in [0.717, 1.165) is 42.3 Å². The zero-order valence-corrected chi connectivity index (χ0v) is 20.0. The molecule has 1 amide bonds. The van der Waals surface area contributed by atoms with Gasteiger partial charge in [0, 0.05) is 39.1 Å². The Hall–Kier alpha value is -3.07. The summed E-state index contributed by atoms with van der Waals surface area (Å²) in [7, 11) is 0. The van der Waals surface area contributed by atoms with E-state index in [-0.39, 0.29) is 25.2 Å². The molecule has 8 heteroatoms. The first-order valence-electron chi connectivity index (χ1n) is 12.2. The van der Waals surface area contributed by atoms with Crippen molar-refractivity contribution in [2.75, 3.05) is 33.0 Å². The Balaban J connectivity index is 1.11. The zero-order chi connectivity index (χ0) is 24.2. The van der Waals surface area contributed by atoms with Crippen LogP contribution < -0.4 is 9.47 Å². The van der Waals surface area contributed by atoms with Gasteiger partial charge in [0.1, 0.15) is 0 Å². The number of hydrogen-bond donors (Lipinski definition) is 1.